The molecule has 1 aromatic heterocycles. The molecule has 0 saturated carbocycles. The highest BCUT2D eigenvalue weighted by Gasteiger charge is 2.19. The Kier molecular flexibility index (Phi) is 4.19. The fourth-order valence-corrected chi connectivity index (χ4v) is 2.16. The first-order valence-electron chi connectivity index (χ1n) is 5.04. The first-order chi connectivity index (χ1) is 8.49. The van der Waals surface area contributed by atoms with Crippen molar-refractivity contribution in [2.75, 3.05) is 0 Å². The van der Waals surface area contributed by atoms with E-state index >= 15 is 0 Å². The van der Waals surface area contributed by atoms with Gasteiger partial charge in [-0.05, 0) is 50.1 Å². The van der Waals surface area contributed by atoms with Gasteiger partial charge in [-0.3, -0.25) is 0 Å². The number of rotatable bonds is 3. The Bertz CT molecular complexity index is 529. The Balaban J connectivity index is 2.23. The highest BCUT2D eigenvalue weighted by molar-refractivity contribution is 9.13. The lowest BCUT2D eigenvalue weighted by Gasteiger charge is -2.09. The molecule has 0 saturated heterocycles. The summed E-state index contributed by atoms with van der Waals surface area (Å²) in [7, 11) is 0. The SMILES string of the molecule is OC(Cc1c(F)cccc1F)c1cc(Br)c(Br)o1. The molecular weight excluding hydrogens is 374 g/mol. The molecule has 0 aliphatic rings. The fourth-order valence-electron chi connectivity index (χ4n) is 1.55. The lowest BCUT2D eigenvalue weighted by Crippen LogP contribution is -2.04. The van der Waals surface area contributed by atoms with Crippen LogP contribution in [0.3, 0.4) is 0 Å². The van der Waals surface area contributed by atoms with Crippen molar-refractivity contribution in [1.82, 2.24) is 0 Å². The molecule has 1 aromatic carbocycles. The van der Waals surface area contributed by atoms with Crippen LogP contribution in [0.15, 0.2) is 37.8 Å². The van der Waals surface area contributed by atoms with Gasteiger partial charge < -0.3 is 9.52 Å². The van der Waals surface area contributed by atoms with E-state index in [0.29, 0.717) is 9.14 Å². The van der Waals surface area contributed by atoms with Crippen LogP contribution in [0.5, 0.6) is 0 Å². The fraction of sp³-hybridized carbons (Fsp3) is 0.167. The van der Waals surface area contributed by atoms with Crippen LogP contribution in [-0.4, -0.2) is 5.11 Å². The minimum atomic E-state index is -1.11. The van der Waals surface area contributed by atoms with Gasteiger partial charge in [0, 0.05) is 12.0 Å². The molecule has 0 aliphatic carbocycles. The van der Waals surface area contributed by atoms with Crippen LogP contribution in [0.4, 0.5) is 8.78 Å². The highest BCUT2D eigenvalue weighted by Crippen LogP contribution is 2.31. The van der Waals surface area contributed by atoms with Gasteiger partial charge in [0.15, 0.2) is 4.67 Å². The zero-order chi connectivity index (χ0) is 13.3. The largest absolute Gasteiger partial charge is 0.450 e. The standard InChI is InChI=1S/C12H8Br2F2O2/c13-7-5-11(18-12(7)14)10(17)4-6-8(15)2-1-3-9(6)16/h1-3,5,10,17H,4H2. The van der Waals surface area contributed by atoms with E-state index in [1.807, 2.05) is 0 Å². The highest BCUT2D eigenvalue weighted by atomic mass is 79.9. The smallest absolute Gasteiger partial charge is 0.183 e. The van der Waals surface area contributed by atoms with E-state index in [0.717, 1.165) is 12.1 Å². The van der Waals surface area contributed by atoms with E-state index < -0.39 is 17.7 Å². The minimum Gasteiger partial charge on any atom is -0.450 e. The first kappa shape index (κ1) is 13.7. The molecule has 1 heterocycles. The van der Waals surface area contributed by atoms with E-state index in [1.54, 1.807) is 6.07 Å². The lowest BCUT2D eigenvalue weighted by atomic mass is 10.1. The van der Waals surface area contributed by atoms with Crippen LogP contribution < -0.4 is 0 Å². The lowest BCUT2D eigenvalue weighted by molar-refractivity contribution is 0.146. The molecule has 1 atom stereocenters. The van der Waals surface area contributed by atoms with Crippen molar-refractivity contribution in [2.24, 2.45) is 0 Å². The average Bonchev–Trinajstić information content (AvgIpc) is 2.64. The maximum absolute atomic E-state index is 13.4. The number of aliphatic hydroxyl groups excluding tert-OH is 1. The molecule has 0 spiro atoms. The number of hydrogen-bond acceptors (Lipinski definition) is 2. The summed E-state index contributed by atoms with van der Waals surface area (Å²) in [6.07, 6.45) is -1.30. The van der Waals surface area contributed by atoms with E-state index in [1.165, 1.54) is 6.07 Å². The summed E-state index contributed by atoms with van der Waals surface area (Å²) in [6.45, 7) is 0. The Morgan fingerprint density at radius 1 is 1.22 bits per heavy atom. The Morgan fingerprint density at radius 3 is 2.33 bits per heavy atom. The normalized spacial score (nSPS) is 12.7. The van der Waals surface area contributed by atoms with Crippen LogP contribution in [0.25, 0.3) is 0 Å². The second-order valence-electron chi connectivity index (χ2n) is 3.69. The van der Waals surface area contributed by atoms with Crippen LogP contribution in [0.2, 0.25) is 0 Å². The summed E-state index contributed by atoms with van der Waals surface area (Å²) in [4.78, 5) is 0. The van der Waals surface area contributed by atoms with Gasteiger partial charge in [0.25, 0.3) is 0 Å². The minimum absolute atomic E-state index is 0.159. The topological polar surface area (TPSA) is 33.4 Å². The number of furan rings is 1. The van der Waals surface area contributed by atoms with Gasteiger partial charge in [0.1, 0.15) is 23.5 Å². The van der Waals surface area contributed by atoms with Crippen LogP contribution in [0, 0.1) is 11.6 Å². The van der Waals surface area contributed by atoms with Gasteiger partial charge in [0.2, 0.25) is 0 Å². The Hall–Kier alpha value is -0.720. The summed E-state index contributed by atoms with van der Waals surface area (Å²) < 4.78 is 33.1. The average molecular weight is 382 g/mol. The van der Waals surface area contributed by atoms with Gasteiger partial charge >= 0.3 is 0 Å². The van der Waals surface area contributed by atoms with E-state index in [2.05, 4.69) is 31.9 Å². The van der Waals surface area contributed by atoms with Crippen molar-refractivity contribution in [3.63, 3.8) is 0 Å². The van der Waals surface area contributed by atoms with Gasteiger partial charge in [-0.25, -0.2) is 8.78 Å². The van der Waals surface area contributed by atoms with E-state index in [-0.39, 0.29) is 17.7 Å². The Labute approximate surface area is 119 Å². The van der Waals surface area contributed by atoms with Crippen molar-refractivity contribution in [1.29, 1.82) is 0 Å². The quantitative estimate of drug-likeness (QED) is 0.856. The maximum Gasteiger partial charge on any atom is 0.183 e. The third kappa shape index (κ3) is 2.81. The molecule has 1 N–H and O–H groups in total. The zero-order valence-corrected chi connectivity index (χ0v) is 12.1. The van der Waals surface area contributed by atoms with Crippen LogP contribution in [-0.2, 0) is 6.42 Å². The second-order valence-corrected chi connectivity index (χ2v) is 5.27. The van der Waals surface area contributed by atoms with Crippen molar-refractivity contribution >= 4 is 31.9 Å². The number of halogens is 4. The van der Waals surface area contributed by atoms with Gasteiger partial charge in [-0.2, -0.15) is 0 Å². The third-order valence-electron chi connectivity index (χ3n) is 2.45. The van der Waals surface area contributed by atoms with E-state index in [4.69, 9.17) is 4.42 Å². The van der Waals surface area contributed by atoms with Gasteiger partial charge in [-0.1, -0.05) is 6.07 Å². The number of hydrogen-bond donors (Lipinski definition) is 1. The summed E-state index contributed by atoms with van der Waals surface area (Å²) in [5.74, 6) is -1.13. The van der Waals surface area contributed by atoms with Gasteiger partial charge in [0.05, 0.1) is 4.47 Å². The second kappa shape index (κ2) is 5.50. The Morgan fingerprint density at radius 2 is 1.83 bits per heavy atom. The summed E-state index contributed by atoms with van der Waals surface area (Å²) in [5, 5.41) is 9.89. The van der Waals surface area contributed by atoms with Crippen LogP contribution >= 0.6 is 31.9 Å². The maximum atomic E-state index is 13.4. The summed E-state index contributed by atoms with van der Waals surface area (Å²) >= 11 is 6.32. The van der Waals surface area contributed by atoms with Gasteiger partial charge in [-0.15, -0.1) is 0 Å². The molecule has 6 heteroatoms. The summed E-state index contributed by atoms with van der Waals surface area (Å²) in [5.41, 5.74) is -0.159. The molecule has 2 rings (SSSR count). The molecule has 0 fully saturated rings. The van der Waals surface area contributed by atoms with E-state index in [9.17, 15) is 13.9 Å². The van der Waals surface area contributed by atoms with Crippen molar-refractivity contribution in [2.45, 2.75) is 12.5 Å². The molecule has 0 aliphatic heterocycles. The monoisotopic (exact) mass is 380 g/mol. The molecule has 2 nitrogen and oxygen atoms in total. The van der Waals surface area contributed by atoms with Crippen molar-refractivity contribution in [3.8, 4) is 0 Å². The summed E-state index contributed by atoms with van der Waals surface area (Å²) in [6, 6.07) is 5.13. The molecule has 96 valence electrons. The molecular formula is C12H8Br2F2O2. The molecule has 0 bridgehead atoms. The van der Waals surface area contributed by atoms with Crippen molar-refractivity contribution < 1.29 is 18.3 Å². The third-order valence-corrected chi connectivity index (χ3v) is 4.16. The number of benzene rings is 1. The molecule has 0 radical (unpaired) electrons. The first-order valence-corrected chi connectivity index (χ1v) is 6.63. The molecule has 18 heavy (non-hydrogen) atoms. The molecule has 2 aromatic rings. The zero-order valence-electron chi connectivity index (χ0n) is 8.96. The molecule has 1 unspecified atom stereocenters. The van der Waals surface area contributed by atoms with Crippen molar-refractivity contribution in [3.05, 3.63) is 56.4 Å². The molecule has 0 amide bonds. The number of aliphatic hydroxyl groups is 1. The van der Waals surface area contributed by atoms with Crippen LogP contribution in [0.1, 0.15) is 17.4 Å². The predicted octanol–water partition coefficient (Wildman–Crippen LogP) is 4.36. The predicted molar refractivity (Wildman–Crippen MR) is 69.1 cm³/mol.